The standard InChI is InChI=1S/C21H25N3O3S2/c1-15-13-17-19(29-15)20(26)24(8-7-16-5-3-2-4-6-16)21(22-17)28-14-18(25)23-9-11-27-12-10-23/h2-6,15H,7-14H2,1H3. The van der Waals surface area contributed by atoms with Gasteiger partial charge in [0.25, 0.3) is 5.56 Å². The van der Waals surface area contributed by atoms with Crippen LogP contribution in [0.1, 0.15) is 18.2 Å². The summed E-state index contributed by atoms with van der Waals surface area (Å²) in [4.78, 5) is 33.1. The van der Waals surface area contributed by atoms with E-state index in [9.17, 15) is 9.59 Å². The molecule has 0 N–H and O–H groups in total. The summed E-state index contributed by atoms with van der Waals surface area (Å²) < 4.78 is 7.08. The Morgan fingerprint density at radius 3 is 2.79 bits per heavy atom. The molecule has 1 aromatic carbocycles. The van der Waals surface area contributed by atoms with E-state index in [4.69, 9.17) is 9.72 Å². The van der Waals surface area contributed by atoms with E-state index < -0.39 is 0 Å². The van der Waals surface area contributed by atoms with Gasteiger partial charge in [0, 0.05) is 31.3 Å². The molecule has 154 valence electrons. The van der Waals surface area contributed by atoms with Crippen molar-refractivity contribution in [3.8, 4) is 0 Å². The van der Waals surface area contributed by atoms with Gasteiger partial charge in [0.05, 0.1) is 29.6 Å². The molecule has 4 rings (SSSR count). The first-order valence-corrected chi connectivity index (χ1v) is 11.8. The van der Waals surface area contributed by atoms with Crippen LogP contribution in [0.4, 0.5) is 0 Å². The molecule has 0 bridgehead atoms. The summed E-state index contributed by atoms with van der Waals surface area (Å²) in [7, 11) is 0. The smallest absolute Gasteiger partial charge is 0.268 e. The third kappa shape index (κ3) is 4.87. The highest BCUT2D eigenvalue weighted by Crippen LogP contribution is 2.34. The van der Waals surface area contributed by atoms with E-state index >= 15 is 0 Å². The maximum absolute atomic E-state index is 13.2. The van der Waals surface area contributed by atoms with Crippen LogP contribution in [-0.4, -0.2) is 57.7 Å². The molecule has 2 aliphatic heterocycles. The summed E-state index contributed by atoms with van der Waals surface area (Å²) >= 11 is 2.99. The molecule has 1 atom stereocenters. The van der Waals surface area contributed by atoms with Gasteiger partial charge in [-0.1, -0.05) is 49.0 Å². The van der Waals surface area contributed by atoms with Crippen LogP contribution in [0.3, 0.4) is 0 Å². The second-order valence-electron chi connectivity index (χ2n) is 7.28. The molecule has 1 saturated heterocycles. The molecule has 2 aromatic rings. The quantitative estimate of drug-likeness (QED) is 0.517. The summed E-state index contributed by atoms with van der Waals surface area (Å²) in [5, 5.41) is 1.02. The summed E-state index contributed by atoms with van der Waals surface area (Å²) in [5.41, 5.74) is 2.09. The van der Waals surface area contributed by atoms with E-state index in [1.165, 1.54) is 17.3 Å². The molecule has 1 amide bonds. The van der Waals surface area contributed by atoms with Crippen molar-refractivity contribution in [3.05, 3.63) is 51.9 Å². The Labute approximate surface area is 179 Å². The molecule has 29 heavy (non-hydrogen) atoms. The minimum absolute atomic E-state index is 0.0293. The topological polar surface area (TPSA) is 64.4 Å². The number of aromatic nitrogens is 2. The monoisotopic (exact) mass is 431 g/mol. The van der Waals surface area contributed by atoms with E-state index in [-0.39, 0.29) is 11.5 Å². The lowest BCUT2D eigenvalue weighted by molar-refractivity contribution is -0.132. The minimum atomic E-state index is 0.0293. The molecule has 0 aliphatic carbocycles. The highest BCUT2D eigenvalue weighted by atomic mass is 32.2. The molecular formula is C21H25N3O3S2. The van der Waals surface area contributed by atoms with Gasteiger partial charge in [-0.2, -0.15) is 0 Å². The van der Waals surface area contributed by atoms with E-state index in [1.807, 2.05) is 23.1 Å². The van der Waals surface area contributed by atoms with Gasteiger partial charge in [-0.25, -0.2) is 4.98 Å². The number of morpholine rings is 1. The molecule has 0 spiro atoms. The maximum Gasteiger partial charge on any atom is 0.268 e. The van der Waals surface area contributed by atoms with Crippen LogP contribution in [0.15, 0.2) is 45.2 Å². The van der Waals surface area contributed by atoms with Gasteiger partial charge in [-0.15, -0.1) is 11.8 Å². The van der Waals surface area contributed by atoms with E-state index in [0.717, 1.165) is 23.4 Å². The van der Waals surface area contributed by atoms with Crippen molar-refractivity contribution in [2.24, 2.45) is 0 Å². The Balaban J connectivity index is 1.54. The zero-order valence-electron chi connectivity index (χ0n) is 16.5. The van der Waals surface area contributed by atoms with Gasteiger partial charge in [0.15, 0.2) is 5.16 Å². The zero-order valence-corrected chi connectivity index (χ0v) is 18.1. The fourth-order valence-corrected chi connectivity index (χ4v) is 5.61. The van der Waals surface area contributed by atoms with E-state index in [1.54, 1.807) is 16.3 Å². The van der Waals surface area contributed by atoms with Crippen molar-refractivity contribution in [1.29, 1.82) is 0 Å². The van der Waals surface area contributed by atoms with Crippen molar-refractivity contribution >= 4 is 29.4 Å². The predicted molar refractivity (Wildman–Crippen MR) is 116 cm³/mol. The Bertz CT molecular complexity index is 927. The molecule has 8 heteroatoms. The molecule has 2 aliphatic rings. The number of nitrogens with zero attached hydrogens (tertiary/aromatic N) is 3. The molecule has 0 radical (unpaired) electrons. The summed E-state index contributed by atoms with van der Waals surface area (Å²) in [5.74, 6) is 0.365. The van der Waals surface area contributed by atoms with Crippen LogP contribution >= 0.6 is 23.5 Å². The largest absolute Gasteiger partial charge is 0.378 e. The normalized spacial score (nSPS) is 18.7. The van der Waals surface area contributed by atoms with Crippen LogP contribution in [0.25, 0.3) is 0 Å². The molecule has 1 aromatic heterocycles. The number of rotatable bonds is 6. The van der Waals surface area contributed by atoms with Gasteiger partial charge in [0.2, 0.25) is 5.91 Å². The second kappa shape index (κ2) is 9.36. The highest BCUT2D eigenvalue weighted by Gasteiger charge is 2.27. The first-order valence-electron chi connectivity index (χ1n) is 9.94. The number of thioether (sulfide) groups is 2. The maximum atomic E-state index is 13.2. The number of ether oxygens (including phenoxy) is 1. The van der Waals surface area contributed by atoms with Crippen LogP contribution < -0.4 is 5.56 Å². The van der Waals surface area contributed by atoms with Gasteiger partial charge in [-0.3, -0.25) is 14.2 Å². The van der Waals surface area contributed by atoms with Crippen molar-refractivity contribution in [1.82, 2.24) is 14.5 Å². The number of carbonyl (C=O) groups is 1. The molecule has 6 nitrogen and oxygen atoms in total. The van der Waals surface area contributed by atoms with Crippen LogP contribution in [-0.2, 0) is 28.9 Å². The molecule has 0 saturated carbocycles. The number of hydrogen-bond donors (Lipinski definition) is 0. The van der Waals surface area contributed by atoms with Crippen molar-refractivity contribution in [2.75, 3.05) is 32.1 Å². The summed E-state index contributed by atoms with van der Waals surface area (Å²) in [6, 6.07) is 10.1. The van der Waals surface area contributed by atoms with Crippen molar-refractivity contribution in [2.45, 2.75) is 41.6 Å². The molecule has 1 fully saturated rings. The lowest BCUT2D eigenvalue weighted by atomic mass is 10.1. The van der Waals surface area contributed by atoms with Crippen molar-refractivity contribution in [3.63, 3.8) is 0 Å². The lowest BCUT2D eigenvalue weighted by Crippen LogP contribution is -2.41. The van der Waals surface area contributed by atoms with Gasteiger partial charge >= 0.3 is 0 Å². The second-order valence-corrected chi connectivity index (χ2v) is 9.67. The fraction of sp³-hybridized carbons (Fsp3) is 0.476. The summed E-state index contributed by atoms with van der Waals surface area (Å²) in [6.45, 7) is 5.12. The van der Waals surface area contributed by atoms with E-state index in [0.29, 0.717) is 49.0 Å². The fourth-order valence-electron chi connectivity index (χ4n) is 3.55. The first kappa shape index (κ1) is 20.5. The Morgan fingerprint density at radius 2 is 2.03 bits per heavy atom. The number of benzene rings is 1. The number of hydrogen-bond acceptors (Lipinski definition) is 6. The Hall–Kier alpha value is -1.77. The van der Waals surface area contributed by atoms with Gasteiger partial charge in [0.1, 0.15) is 0 Å². The highest BCUT2D eigenvalue weighted by molar-refractivity contribution is 8.00. The molecule has 3 heterocycles. The van der Waals surface area contributed by atoms with Crippen LogP contribution in [0.5, 0.6) is 0 Å². The minimum Gasteiger partial charge on any atom is -0.378 e. The van der Waals surface area contributed by atoms with E-state index in [2.05, 4.69) is 19.1 Å². The summed E-state index contributed by atoms with van der Waals surface area (Å²) in [6.07, 6.45) is 1.56. The number of carbonyl (C=O) groups excluding carboxylic acids is 1. The Kier molecular flexibility index (Phi) is 6.62. The van der Waals surface area contributed by atoms with Crippen molar-refractivity contribution < 1.29 is 9.53 Å². The first-order chi connectivity index (χ1) is 14.1. The lowest BCUT2D eigenvalue weighted by Gasteiger charge is -2.26. The van der Waals surface area contributed by atoms with Crippen LogP contribution in [0.2, 0.25) is 0 Å². The number of aryl methyl sites for hydroxylation is 1. The third-order valence-electron chi connectivity index (χ3n) is 5.12. The Morgan fingerprint density at radius 1 is 1.28 bits per heavy atom. The molecule has 1 unspecified atom stereocenters. The zero-order chi connectivity index (χ0) is 20.2. The van der Waals surface area contributed by atoms with Gasteiger partial charge in [-0.05, 0) is 12.0 Å². The van der Waals surface area contributed by atoms with Gasteiger partial charge < -0.3 is 9.64 Å². The molecular weight excluding hydrogens is 406 g/mol. The average molecular weight is 432 g/mol. The third-order valence-corrected chi connectivity index (χ3v) is 7.29. The average Bonchev–Trinajstić information content (AvgIpc) is 3.13. The SMILES string of the molecule is CC1Cc2nc(SCC(=O)N3CCOCC3)n(CCc3ccccc3)c(=O)c2S1. The van der Waals surface area contributed by atoms with Crippen LogP contribution in [0, 0.1) is 0 Å². The number of fused-ring (bicyclic) bond motifs is 1. The predicted octanol–water partition coefficient (Wildman–Crippen LogP) is 2.47. The number of amides is 1.